The van der Waals surface area contributed by atoms with Crippen molar-refractivity contribution in [3.8, 4) is 22.6 Å². The number of phenols is 1. The van der Waals surface area contributed by atoms with Crippen molar-refractivity contribution < 1.29 is 19.4 Å². The van der Waals surface area contributed by atoms with Gasteiger partial charge >= 0.3 is 5.97 Å². The highest BCUT2D eigenvalue weighted by molar-refractivity contribution is 5.99. The van der Waals surface area contributed by atoms with Crippen molar-refractivity contribution in [2.45, 2.75) is 13.3 Å². The van der Waals surface area contributed by atoms with E-state index >= 15 is 0 Å². The van der Waals surface area contributed by atoms with Crippen LogP contribution in [0.25, 0.3) is 21.9 Å². The molecule has 31 heavy (non-hydrogen) atoms. The van der Waals surface area contributed by atoms with Gasteiger partial charge in [0.2, 0.25) is 0 Å². The Labute approximate surface area is 181 Å². The number of methoxy groups -OCH3 is 1. The molecule has 0 amide bonds. The molecule has 4 aromatic rings. The Bertz CT molecular complexity index is 1230. The van der Waals surface area contributed by atoms with E-state index in [2.05, 4.69) is 18.2 Å². The average Bonchev–Trinajstić information content (AvgIpc) is 2.79. The van der Waals surface area contributed by atoms with Gasteiger partial charge in [0.25, 0.3) is 0 Å². The third-order valence-corrected chi connectivity index (χ3v) is 5.29. The van der Waals surface area contributed by atoms with E-state index in [0.29, 0.717) is 17.6 Å². The van der Waals surface area contributed by atoms with Crippen LogP contribution in [0.15, 0.2) is 78.9 Å². The second-order valence-corrected chi connectivity index (χ2v) is 7.34. The first-order valence-electron chi connectivity index (χ1n) is 10.2. The Hall–Kier alpha value is -3.79. The molecule has 4 heteroatoms. The normalized spacial score (nSPS) is 10.8. The Morgan fingerprint density at radius 3 is 2.39 bits per heavy atom. The number of carbonyl (C=O) groups is 1. The summed E-state index contributed by atoms with van der Waals surface area (Å²) in [6.07, 6.45) is 0.763. The zero-order valence-electron chi connectivity index (χ0n) is 17.6. The fourth-order valence-corrected chi connectivity index (χ4v) is 3.76. The predicted octanol–water partition coefficient (Wildman–Crippen LogP) is 5.99. The van der Waals surface area contributed by atoms with Gasteiger partial charge < -0.3 is 14.6 Å². The van der Waals surface area contributed by atoms with Crippen LogP contribution >= 0.6 is 0 Å². The van der Waals surface area contributed by atoms with Gasteiger partial charge in [0, 0.05) is 11.8 Å². The average molecular weight is 412 g/mol. The highest BCUT2D eigenvalue weighted by Gasteiger charge is 2.13. The van der Waals surface area contributed by atoms with Gasteiger partial charge in [-0.3, -0.25) is 0 Å². The summed E-state index contributed by atoms with van der Waals surface area (Å²) in [6, 6.07) is 25.4. The van der Waals surface area contributed by atoms with Gasteiger partial charge in [0.05, 0.1) is 19.3 Å². The Morgan fingerprint density at radius 1 is 0.903 bits per heavy atom. The first kappa shape index (κ1) is 20.5. The van der Waals surface area contributed by atoms with Crippen molar-refractivity contribution in [3.05, 3.63) is 95.6 Å². The topological polar surface area (TPSA) is 55.8 Å². The lowest BCUT2D eigenvalue weighted by Crippen LogP contribution is -2.04. The third-order valence-electron chi connectivity index (χ3n) is 5.29. The van der Waals surface area contributed by atoms with E-state index in [1.807, 2.05) is 48.5 Å². The molecule has 0 radical (unpaired) electrons. The maximum absolute atomic E-state index is 12.0. The minimum Gasteiger partial charge on any atom is -0.507 e. The van der Waals surface area contributed by atoms with Crippen LogP contribution in [0.3, 0.4) is 0 Å². The molecule has 0 bridgehead atoms. The number of phenolic OH excluding ortho intramolecular Hbond substituents is 1. The summed E-state index contributed by atoms with van der Waals surface area (Å²) >= 11 is 0. The molecule has 1 N–H and O–H groups in total. The summed E-state index contributed by atoms with van der Waals surface area (Å²) in [5.74, 6) is 0.459. The SMILES string of the molecule is CCOC(=O)c1cc(O)c2cc(-c3ccc(OC)c(Cc4ccccc4)c3)ccc2c1. The van der Waals surface area contributed by atoms with Gasteiger partial charge in [0.1, 0.15) is 11.5 Å². The summed E-state index contributed by atoms with van der Waals surface area (Å²) in [5, 5.41) is 12.0. The van der Waals surface area contributed by atoms with E-state index in [4.69, 9.17) is 9.47 Å². The van der Waals surface area contributed by atoms with Gasteiger partial charge in [-0.15, -0.1) is 0 Å². The standard InChI is InChI=1S/C27H24O4/c1-3-31-27(29)23-15-21-10-9-20(16-24(21)25(28)17-23)19-11-12-26(30-2)22(14-19)13-18-7-5-4-6-8-18/h4-12,14-17,28H,3,13H2,1-2H3. The van der Waals surface area contributed by atoms with E-state index in [9.17, 15) is 9.90 Å². The second kappa shape index (κ2) is 8.92. The molecule has 156 valence electrons. The van der Waals surface area contributed by atoms with Crippen molar-refractivity contribution in [1.82, 2.24) is 0 Å². The number of hydrogen-bond donors (Lipinski definition) is 1. The van der Waals surface area contributed by atoms with Crippen LogP contribution in [0, 0.1) is 0 Å². The fourth-order valence-electron chi connectivity index (χ4n) is 3.76. The Balaban J connectivity index is 1.72. The first-order chi connectivity index (χ1) is 15.1. The van der Waals surface area contributed by atoms with E-state index < -0.39 is 5.97 Å². The number of carbonyl (C=O) groups excluding carboxylic acids is 1. The molecule has 0 spiro atoms. The molecule has 0 saturated heterocycles. The summed E-state index contributed by atoms with van der Waals surface area (Å²) in [5.41, 5.74) is 4.65. The molecule has 0 atom stereocenters. The van der Waals surface area contributed by atoms with Gasteiger partial charge in [-0.2, -0.15) is 0 Å². The van der Waals surface area contributed by atoms with Crippen molar-refractivity contribution in [2.24, 2.45) is 0 Å². The minimum atomic E-state index is -0.440. The van der Waals surface area contributed by atoms with Crippen LogP contribution in [-0.2, 0) is 11.2 Å². The van der Waals surface area contributed by atoms with Crippen LogP contribution in [0.5, 0.6) is 11.5 Å². The number of esters is 1. The molecule has 0 aliphatic rings. The zero-order chi connectivity index (χ0) is 21.8. The van der Waals surface area contributed by atoms with E-state index in [1.165, 1.54) is 11.6 Å². The smallest absolute Gasteiger partial charge is 0.338 e. The lowest BCUT2D eigenvalue weighted by molar-refractivity contribution is 0.0526. The molecule has 0 unspecified atom stereocenters. The molecule has 0 heterocycles. The number of fused-ring (bicyclic) bond motifs is 1. The number of aromatic hydroxyl groups is 1. The van der Waals surface area contributed by atoms with Gasteiger partial charge in [0.15, 0.2) is 0 Å². The maximum Gasteiger partial charge on any atom is 0.338 e. The highest BCUT2D eigenvalue weighted by atomic mass is 16.5. The van der Waals surface area contributed by atoms with Crippen LogP contribution in [0.4, 0.5) is 0 Å². The summed E-state index contributed by atoms with van der Waals surface area (Å²) in [7, 11) is 1.68. The number of ether oxygens (including phenoxy) is 2. The number of rotatable bonds is 6. The van der Waals surface area contributed by atoms with E-state index in [1.54, 1.807) is 20.1 Å². The van der Waals surface area contributed by atoms with Crippen LogP contribution in [-0.4, -0.2) is 24.8 Å². The molecule has 0 fully saturated rings. The number of benzene rings is 4. The summed E-state index contributed by atoms with van der Waals surface area (Å²) < 4.78 is 10.6. The zero-order valence-corrected chi connectivity index (χ0v) is 17.6. The van der Waals surface area contributed by atoms with Crippen LogP contribution in [0.2, 0.25) is 0 Å². The fraction of sp³-hybridized carbons (Fsp3) is 0.148. The molecule has 0 saturated carbocycles. The molecular formula is C27H24O4. The predicted molar refractivity (Wildman–Crippen MR) is 123 cm³/mol. The lowest BCUT2D eigenvalue weighted by atomic mass is 9.96. The van der Waals surface area contributed by atoms with Crippen molar-refractivity contribution in [2.75, 3.05) is 13.7 Å². The van der Waals surface area contributed by atoms with E-state index in [0.717, 1.165) is 34.2 Å². The first-order valence-corrected chi connectivity index (χ1v) is 10.2. The van der Waals surface area contributed by atoms with Gasteiger partial charge in [-0.25, -0.2) is 4.79 Å². The van der Waals surface area contributed by atoms with Crippen LogP contribution in [0.1, 0.15) is 28.4 Å². The molecule has 0 aliphatic carbocycles. The second-order valence-electron chi connectivity index (χ2n) is 7.34. The largest absolute Gasteiger partial charge is 0.507 e. The van der Waals surface area contributed by atoms with Gasteiger partial charge in [-0.05, 0) is 64.9 Å². The summed E-state index contributed by atoms with van der Waals surface area (Å²) in [4.78, 5) is 12.0. The van der Waals surface area contributed by atoms with Gasteiger partial charge in [-0.1, -0.05) is 48.5 Å². The Morgan fingerprint density at radius 2 is 1.65 bits per heavy atom. The van der Waals surface area contributed by atoms with Crippen LogP contribution < -0.4 is 4.74 Å². The quantitative estimate of drug-likeness (QED) is 0.395. The maximum atomic E-state index is 12.0. The monoisotopic (exact) mass is 412 g/mol. The number of hydrogen-bond acceptors (Lipinski definition) is 4. The van der Waals surface area contributed by atoms with Crippen molar-refractivity contribution in [1.29, 1.82) is 0 Å². The van der Waals surface area contributed by atoms with Crippen molar-refractivity contribution in [3.63, 3.8) is 0 Å². The molecular weight excluding hydrogens is 388 g/mol. The summed E-state index contributed by atoms with van der Waals surface area (Å²) in [6.45, 7) is 2.05. The highest BCUT2D eigenvalue weighted by Crippen LogP contribution is 2.33. The molecule has 4 nitrogen and oxygen atoms in total. The minimum absolute atomic E-state index is 0.0559. The third kappa shape index (κ3) is 4.38. The molecule has 4 rings (SSSR count). The molecule has 0 aliphatic heterocycles. The molecule has 0 aromatic heterocycles. The Kier molecular flexibility index (Phi) is 5.89. The van der Waals surface area contributed by atoms with E-state index in [-0.39, 0.29) is 5.75 Å². The molecule has 4 aromatic carbocycles. The van der Waals surface area contributed by atoms with Crippen molar-refractivity contribution >= 4 is 16.7 Å². The lowest BCUT2D eigenvalue weighted by Gasteiger charge is -2.13.